The number of hydrogen-bond acceptors (Lipinski definition) is 3. The molecule has 1 aromatic rings. The number of carbonyl (C=O) groups excluding carboxylic acids is 1. The molecule has 3 N–H and O–H groups in total. The zero-order valence-electron chi connectivity index (χ0n) is 11.0. The Kier molecular flexibility index (Phi) is 8.69. The van der Waals surface area contributed by atoms with Gasteiger partial charge in [0.15, 0.2) is 0 Å². The Hall–Kier alpha value is -0.440. The lowest BCUT2D eigenvalue weighted by Gasteiger charge is -2.14. The van der Waals surface area contributed by atoms with Crippen LogP contribution < -0.4 is 11.1 Å². The molecule has 0 aromatic heterocycles. The van der Waals surface area contributed by atoms with Crippen molar-refractivity contribution in [2.24, 2.45) is 5.73 Å². The Morgan fingerprint density at radius 3 is 2.62 bits per heavy atom. The van der Waals surface area contributed by atoms with Crippen LogP contribution in [0.1, 0.15) is 12.0 Å². The van der Waals surface area contributed by atoms with Gasteiger partial charge in [0.1, 0.15) is 0 Å². The maximum absolute atomic E-state index is 12.7. The summed E-state index contributed by atoms with van der Waals surface area (Å²) in [5.74, 6) is 0.220. The van der Waals surface area contributed by atoms with E-state index in [4.69, 9.17) is 5.73 Å². The van der Waals surface area contributed by atoms with E-state index in [-0.39, 0.29) is 22.6 Å². The predicted molar refractivity (Wildman–Crippen MR) is 86.0 cm³/mol. The molecule has 1 rings (SSSR count). The Labute approximate surface area is 139 Å². The number of thioether (sulfide) groups is 1. The normalized spacial score (nSPS) is 12.5. The molecule has 21 heavy (non-hydrogen) atoms. The number of anilines is 1. The Morgan fingerprint density at radius 2 is 2.10 bits per heavy atom. The van der Waals surface area contributed by atoms with Crippen LogP contribution in [0, 0.1) is 0 Å². The topological polar surface area (TPSA) is 55.1 Å². The molecular formula is C12H15BrClF3N2OS. The van der Waals surface area contributed by atoms with Crippen LogP contribution in [-0.2, 0) is 11.0 Å². The van der Waals surface area contributed by atoms with Gasteiger partial charge in [-0.25, -0.2) is 0 Å². The van der Waals surface area contributed by atoms with Crippen LogP contribution in [0.3, 0.4) is 0 Å². The Bertz CT molecular complexity index is 488. The van der Waals surface area contributed by atoms with Gasteiger partial charge in [0.05, 0.1) is 11.6 Å². The summed E-state index contributed by atoms with van der Waals surface area (Å²) in [4.78, 5) is 11.7. The van der Waals surface area contributed by atoms with Crippen LogP contribution in [-0.4, -0.2) is 24.0 Å². The van der Waals surface area contributed by atoms with Gasteiger partial charge in [0.25, 0.3) is 0 Å². The van der Waals surface area contributed by atoms with Crippen LogP contribution in [0.4, 0.5) is 18.9 Å². The predicted octanol–water partition coefficient (Wildman–Crippen LogP) is 3.91. The maximum Gasteiger partial charge on any atom is 0.417 e. The first kappa shape index (κ1) is 20.6. The van der Waals surface area contributed by atoms with E-state index < -0.39 is 23.7 Å². The summed E-state index contributed by atoms with van der Waals surface area (Å²) in [6.45, 7) is 0. The van der Waals surface area contributed by atoms with Crippen molar-refractivity contribution in [2.75, 3.05) is 17.3 Å². The molecule has 0 aliphatic heterocycles. The van der Waals surface area contributed by atoms with Crippen molar-refractivity contribution in [3.8, 4) is 0 Å². The van der Waals surface area contributed by atoms with Crippen LogP contribution >= 0.6 is 40.1 Å². The second kappa shape index (κ2) is 8.87. The van der Waals surface area contributed by atoms with Gasteiger partial charge in [-0.3, -0.25) is 4.79 Å². The molecule has 0 unspecified atom stereocenters. The number of nitrogens with one attached hydrogen (secondary N) is 1. The third kappa shape index (κ3) is 6.46. The molecule has 0 fully saturated rings. The van der Waals surface area contributed by atoms with E-state index in [0.717, 1.165) is 6.07 Å². The summed E-state index contributed by atoms with van der Waals surface area (Å²) in [7, 11) is 0. The van der Waals surface area contributed by atoms with Gasteiger partial charge in [-0.15, -0.1) is 12.4 Å². The van der Waals surface area contributed by atoms with Crippen LogP contribution in [0.2, 0.25) is 0 Å². The van der Waals surface area contributed by atoms with Crippen molar-refractivity contribution < 1.29 is 18.0 Å². The second-order valence-corrected chi connectivity index (χ2v) is 5.91. The molecule has 0 saturated heterocycles. The average molecular weight is 408 g/mol. The van der Waals surface area contributed by atoms with E-state index in [9.17, 15) is 18.0 Å². The monoisotopic (exact) mass is 406 g/mol. The van der Waals surface area contributed by atoms with E-state index in [1.54, 1.807) is 11.8 Å². The van der Waals surface area contributed by atoms with E-state index >= 15 is 0 Å². The molecule has 0 heterocycles. The van der Waals surface area contributed by atoms with Gasteiger partial charge in [-0.05, 0) is 36.6 Å². The number of benzene rings is 1. The number of carbonyl (C=O) groups is 1. The van der Waals surface area contributed by atoms with Crippen molar-refractivity contribution in [2.45, 2.75) is 18.6 Å². The number of rotatable bonds is 5. The van der Waals surface area contributed by atoms with Crippen LogP contribution in [0.25, 0.3) is 0 Å². The van der Waals surface area contributed by atoms with E-state index in [1.165, 1.54) is 12.1 Å². The molecule has 9 heteroatoms. The van der Waals surface area contributed by atoms with Crippen LogP contribution in [0.15, 0.2) is 22.7 Å². The molecule has 1 aromatic carbocycles. The van der Waals surface area contributed by atoms with Crippen molar-refractivity contribution in [3.05, 3.63) is 28.2 Å². The fraction of sp³-hybridized carbons (Fsp3) is 0.417. The SMILES string of the molecule is CSCC[C@H](N)C(=O)Nc1ccc(Br)c(C(F)(F)F)c1.Cl. The quantitative estimate of drug-likeness (QED) is 0.778. The fourth-order valence-corrected chi connectivity index (χ4v) is 2.39. The molecule has 0 radical (unpaired) electrons. The highest BCUT2D eigenvalue weighted by atomic mass is 79.9. The number of halogens is 5. The molecule has 0 saturated carbocycles. The lowest BCUT2D eigenvalue weighted by molar-refractivity contribution is -0.138. The molecule has 1 amide bonds. The molecule has 0 bridgehead atoms. The van der Waals surface area contributed by atoms with Crippen molar-refractivity contribution in [1.82, 2.24) is 0 Å². The lowest BCUT2D eigenvalue weighted by Crippen LogP contribution is -2.36. The molecule has 0 aliphatic rings. The van der Waals surface area contributed by atoms with E-state index in [1.807, 2.05) is 6.26 Å². The Balaban J connectivity index is 0.00000400. The summed E-state index contributed by atoms with van der Waals surface area (Å²) in [6, 6.07) is 2.77. The summed E-state index contributed by atoms with van der Waals surface area (Å²) >= 11 is 4.38. The third-order valence-electron chi connectivity index (χ3n) is 2.51. The minimum absolute atomic E-state index is 0. The first-order chi connectivity index (χ1) is 9.25. The highest BCUT2D eigenvalue weighted by Gasteiger charge is 2.33. The Morgan fingerprint density at radius 1 is 1.48 bits per heavy atom. The zero-order valence-corrected chi connectivity index (χ0v) is 14.3. The number of hydrogen-bond donors (Lipinski definition) is 2. The maximum atomic E-state index is 12.7. The van der Waals surface area contributed by atoms with Gasteiger partial charge in [-0.1, -0.05) is 15.9 Å². The largest absolute Gasteiger partial charge is 0.417 e. The van der Waals surface area contributed by atoms with Crippen molar-refractivity contribution >= 4 is 51.7 Å². The van der Waals surface area contributed by atoms with Gasteiger partial charge in [-0.2, -0.15) is 24.9 Å². The first-order valence-electron chi connectivity index (χ1n) is 5.68. The fourth-order valence-electron chi connectivity index (χ4n) is 1.43. The van der Waals surface area contributed by atoms with Crippen molar-refractivity contribution in [3.63, 3.8) is 0 Å². The summed E-state index contributed by atoms with van der Waals surface area (Å²) < 4.78 is 38.1. The number of alkyl halides is 3. The van der Waals surface area contributed by atoms with Gasteiger partial charge < -0.3 is 11.1 Å². The van der Waals surface area contributed by atoms with E-state index in [0.29, 0.717) is 12.2 Å². The molecule has 1 atom stereocenters. The highest BCUT2D eigenvalue weighted by Crippen LogP contribution is 2.36. The molecule has 3 nitrogen and oxygen atoms in total. The molecule has 0 aliphatic carbocycles. The second-order valence-electron chi connectivity index (χ2n) is 4.07. The number of nitrogens with two attached hydrogens (primary N) is 1. The third-order valence-corrected chi connectivity index (χ3v) is 3.84. The van der Waals surface area contributed by atoms with E-state index in [2.05, 4.69) is 21.2 Å². The highest BCUT2D eigenvalue weighted by molar-refractivity contribution is 9.10. The van der Waals surface area contributed by atoms with Gasteiger partial charge >= 0.3 is 6.18 Å². The lowest BCUT2D eigenvalue weighted by atomic mass is 10.1. The van der Waals surface area contributed by atoms with Gasteiger partial charge in [0.2, 0.25) is 5.91 Å². The average Bonchev–Trinajstić information content (AvgIpc) is 2.36. The van der Waals surface area contributed by atoms with Crippen molar-refractivity contribution in [1.29, 1.82) is 0 Å². The van der Waals surface area contributed by atoms with Crippen LogP contribution in [0.5, 0.6) is 0 Å². The van der Waals surface area contributed by atoms with Gasteiger partial charge in [0, 0.05) is 10.2 Å². The standard InChI is InChI=1S/C12H14BrF3N2OS.ClH/c1-20-5-4-10(17)11(19)18-7-2-3-9(13)8(6-7)12(14,15)16;/h2-3,6,10H,4-5,17H2,1H3,(H,18,19);1H/t10-;/m0./s1. The smallest absolute Gasteiger partial charge is 0.325 e. The minimum atomic E-state index is -4.49. The summed E-state index contributed by atoms with van der Waals surface area (Å²) in [6.07, 6.45) is -2.13. The summed E-state index contributed by atoms with van der Waals surface area (Å²) in [5, 5.41) is 2.40. The number of amides is 1. The zero-order chi connectivity index (χ0) is 15.3. The molecular weight excluding hydrogens is 393 g/mol. The molecule has 120 valence electrons. The molecule has 0 spiro atoms. The minimum Gasteiger partial charge on any atom is -0.325 e. The summed E-state index contributed by atoms with van der Waals surface area (Å²) in [5.41, 5.74) is 4.88. The first-order valence-corrected chi connectivity index (χ1v) is 7.86.